The van der Waals surface area contributed by atoms with E-state index >= 15 is 0 Å². The number of nitrogens with one attached hydrogen (secondary N) is 1. The zero-order chi connectivity index (χ0) is 20.8. The van der Waals surface area contributed by atoms with Crippen molar-refractivity contribution in [1.82, 2.24) is 5.32 Å². The number of hydrogen-bond acceptors (Lipinski definition) is 4. The van der Waals surface area contributed by atoms with Crippen molar-refractivity contribution < 1.29 is 18.0 Å². The Bertz CT molecular complexity index is 1230. The molecule has 1 aliphatic heterocycles. The minimum Gasteiger partial charge on any atom is -0.348 e. The Balaban J connectivity index is 1.49. The van der Waals surface area contributed by atoms with Crippen molar-refractivity contribution in [1.29, 1.82) is 0 Å². The minimum absolute atomic E-state index is 0.0849. The predicted molar refractivity (Wildman–Crippen MR) is 112 cm³/mol. The number of nitrogens with zero attached hydrogens (tertiary/aromatic N) is 1. The topological polar surface area (TPSA) is 83.6 Å². The minimum atomic E-state index is -3.27. The highest BCUT2D eigenvalue weighted by Gasteiger charge is 2.31. The number of rotatable bonds is 5. The first-order valence-corrected chi connectivity index (χ1v) is 11.1. The van der Waals surface area contributed by atoms with Gasteiger partial charge in [-0.05, 0) is 42.1 Å². The SMILES string of the molecule is C[C@@H](NC(=O)CN1C(=O)c2cccc3cccc1c23)c1ccc(S(C)(=O)=O)cc1. The van der Waals surface area contributed by atoms with Gasteiger partial charge in [0, 0.05) is 17.2 Å². The van der Waals surface area contributed by atoms with E-state index in [-0.39, 0.29) is 29.3 Å². The molecule has 3 aromatic rings. The molecule has 0 radical (unpaired) electrons. The van der Waals surface area contributed by atoms with Gasteiger partial charge < -0.3 is 5.32 Å². The Morgan fingerprint density at radius 2 is 1.69 bits per heavy atom. The largest absolute Gasteiger partial charge is 0.348 e. The quantitative estimate of drug-likeness (QED) is 0.703. The molecular formula is C22H20N2O4S. The van der Waals surface area contributed by atoms with Crippen LogP contribution in [0.2, 0.25) is 0 Å². The van der Waals surface area contributed by atoms with Crippen LogP contribution >= 0.6 is 0 Å². The first-order valence-electron chi connectivity index (χ1n) is 9.19. The Kier molecular flexibility index (Phi) is 4.62. The Morgan fingerprint density at radius 1 is 1.03 bits per heavy atom. The molecule has 0 bridgehead atoms. The molecule has 1 aliphatic rings. The molecule has 0 saturated heterocycles. The van der Waals surface area contributed by atoms with Gasteiger partial charge in [0.15, 0.2) is 9.84 Å². The lowest BCUT2D eigenvalue weighted by Gasteiger charge is -2.20. The van der Waals surface area contributed by atoms with Crippen LogP contribution in [-0.4, -0.2) is 33.0 Å². The summed E-state index contributed by atoms with van der Waals surface area (Å²) in [5.41, 5.74) is 2.13. The van der Waals surface area contributed by atoms with Crippen LogP contribution in [0.15, 0.2) is 65.6 Å². The molecule has 0 unspecified atom stereocenters. The van der Waals surface area contributed by atoms with Crippen LogP contribution in [0.1, 0.15) is 28.9 Å². The Morgan fingerprint density at radius 3 is 2.34 bits per heavy atom. The van der Waals surface area contributed by atoms with Crippen LogP contribution in [0.3, 0.4) is 0 Å². The summed E-state index contributed by atoms with van der Waals surface area (Å²) in [5, 5.41) is 4.72. The molecule has 2 amide bonds. The second kappa shape index (κ2) is 7.00. The van der Waals surface area contributed by atoms with Gasteiger partial charge in [0.1, 0.15) is 6.54 Å². The third-order valence-corrected chi connectivity index (χ3v) is 6.26. The number of sulfone groups is 1. The first-order chi connectivity index (χ1) is 13.8. The molecule has 1 atom stereocenters. The van der Waals surface area contributed by atoms with Gasteiger partial charge in [-0.1, -0.05) is 36.4 Å². The lowest BCUT2D eigenvalue weighted by molar-refractivity contribution is -0.120. The van der Waals surface area contributed by atoms with Crippen molar-refractivity contribution in [2.45, 2.75) is 17.9 Å². The van der Waals surface area contributed by atoms with E-state index in [0.29, 0.717) is 5.56 Å². The van der Waals surface area contributed by atoms with Crippen LogP contribution < -0.4 is 10.2 Å². The van der Waals surface area contributed by atoms with Crippen molar-refractivity contribution in [2.24, 2.45) is 0 Å². The molecule has 7 heteroatoms. The fourth-order valence-electron chi connectivity index (χ4n) is 3.65. The van der Waals surface area contributed by atoms with Gasteiger partial charge >= 0.3 is 0 Å². The van der Waals surface area contributed by atoms with E-state index in [1.54, 1.807) is 18.2 Å². The van der Waals surface area contributed by atoms with Crippen molar-refractivity contribution in [2.75, 3.05) is 17.7 Å². The van der Waals surface area contributed by atoms with Crippen LogP contribution in [-0.2, 0) is 14.6 Å². The van der Waals surface area contributed by atoms with Gasteiger partial charge in [0.2, 0.25) is 5.91 Å². The third-order valence-electron chi connectivity index (χ3n) is 5.14. The molecule has 0 saturated carbocycles. The molecule has 29 heavy (non-hydrogen) atoms. The zero-order valence-corrected chi connectivity index (χ0v) is 16.9. The number of benzene rings is 3. The zero-order valence-electron chi connectivity index (χ0n) is 16.0. The third kappa shape index (κ3) is 3.49. The van der Waals surface area contributed by atoms with E-state index in [0.717, 1.165) is 28.3 Å². The molecular weight excluding hydrogens is 388 g/mol. The molecule has 0 aliphatic carbocycles. The van der Waals surface area contributed by atoms with E-state index in [1.165, 1.54) is 17.0 Å². The average molecular weight is 408 g/mol. The van der Waals surface area contributed by atoms with E-state index in [1.807, 2.05) is 37.3 Å². The molecule has 0 aromatic heterocycles. The number of anilines is 1. The summed E-state index contributed by atoms with van der Waals surface area (Å²) in [4.78, 5) is 27.1. The van der Waals surface area contributed by atoms with Crippen LogP contribution in [0.5, 0.6) is 0 Å². The van der Waals surface area contributed by atoms with Gasteiger partial charge in [-0.15, -0.1) is 0 Å². The number of hydrogen-bond donors (Lipinski definition) is 1. The number of carbonyl (C=O) groups excluding carboxylic acids is 2. The normalized spacial score (nSPS) is 14.3. The average Bonchev–Trinajstić information content (AvgIpc) is 2.95. The van der Waals surface area contributed by atoms with Crippen LogP contribution in [0, 0.1) is 0 Å². The standard InChI is InChI=1S/C22H20N2O4S/c1-14(15-9-11-17(12-10-15)29(2,27)28)23-20(25)13-24-19-8-4-6-16-5-3-7-18(21(16)19)22(24)26/h3-12,14H,13H2,1-2H3,(H,23,25)/t14-/m1/s1. The fraction of sp³-hybridized carbons (Fsp3) is 0.182. The molecule has 4 rings (SSSR count). The summed E-state index contributed by atoms with van der Waals surface area (Å²) in [5.74, 6) is -0.472. The highest BCUT2D eigenvalue weighted by atomic mass is 32.2. The van der Waals surface area contributed by atoms with Gasteiger partial charge in [-0.25, -0.2) is 8.42 Å². The van der Waals surface area contributed by atoms with E-state index in [2.05, 4.69) is 5.32 Å². The summed E-state index contributed by atoms with van der Waals surface area (Å²) in [6.45, 7) is 1.73. The number of amides is 2. The summed E-state index contributed by atoms with van der Waals surface area (Å²) in [6, 6.07) is 17.3. The summed E-state index contributed by atoms with van der Waals surface area (Å²) in [6.07, 6.45) is 1.15. The molecule has 148 valence electrons. The van der Waals surface area contributed by atoms with E-state index in [4.69, 9.17) is 0 Å². The van der Waals surface area contributed by atoms with Crippen molar-refractivity contribution >= 4 is 38.1 Å². The Hall–Kier alpha value is -3.19. The van der Waals surface area contributed by atoms with Crippen LogP contribution in [0.4, 0.5) is 5.69 Å². The fourth-order valence-corrected chi connectivity index (χ4v) is 4.28. The first kappa shape index (κ1) is 19.1. The second-order valence-electron chi connectivity index (χ2n) is 7.20. The molecule has 0 fully saturated rings. The van der Waals surface area contributed by atoms with Gasteiger partial charge in [0.25, 0.3) is 5.91 Å². The Labute approximate surface area is 169 Å². The summed E-state index contributed by atoms with van der Waals surface area (Å²) >= 11 is 0. The number of carbonyl (C=O) groups is 2. The van der Waals surface area contributed by atoms with Gasteiger partial charge in [0.05, 0.1) is 16.6 Å². The van der Waals surface area contributed by atoms with Gasteiger partial charge in [-0.3, -0.25) is 14.5 Å². The summed E-state index contributed by atoms with van der Waals surface area (Å²) < 4.78 is 23.2. The predicted octanol–water partition coefficient (Wildman–Crippen LogP) is 3.08. The van der Waals surface area contributed by atoms with Crippen molar-refractivity contribution in [3.8, 4) is 0 Å². The highest BCUT2D eigenvalue weighted by Crippen LogP contribution is 2.36. The maximum Gasteiger partial charge on any atom is 0.259 e. The van der Waals surface area contributed by atoms with Gasteiger partial charge in [-0.2, -0.15) is 0 Å². The highest BCUT2D eigenvalue weighted by molar-refractivity contribution is 7.90. The maximum atomic E-state index is 12.8. The molecule has 0 spiro atoms. The van der Waals surface area contributed by atoms with E-state index < -0.39 is 9.84 Å². The van der Waals surface area contributed by atoms with Crippen molar-refractivity contribution in [3.05, 3.63) is 71.8 Å². The summed E-state index contributed by atoms with van der Waals surface area (Å²) in [7, 11) is -3.27. The lowest BCUT2D eigenvalue weighted by Crippen LogP contribution is -2.39. The second-order valence-corrected chi connectivity index (χ2v) is 9.22. The lowest BCUT2D eigenvalue weighted by atomic mass is 10.1. The molecule has 1 N–H and O–H groups in total. The molecule has 6 nitrogen and oxygen atoms in total. The maximum absolute atomic E-state index is 12.8. The van der Waals surface area contributed by atoms with Crippen molar-refractivity contribution in [3.63, 3.8) is 0 Å². The smallest absolute Gasteiger partial charge is 0.259 e. The van der Waals surface area contributed by atoms with Crippen LogP contribution in [0.25, 0.3) is 10.8 Å². The molecule has 1 heterocycles. The molecule has 3 aromatic carbocycles. The monoisotopic (exact) mass is 408 g/mol. The van der Waals surface area contributed by atoms with E-state index in [9.17, 15) is 18.0 Å².